The maximum absolute atomic E-state index is 10.8. The molecule has 0 saturated heterocycles. The van der Waals surface area contributed by atoms with Crippen molar-refractivity contribution in [1.82, 2.24) is 15.0 Å². The van der Waals surface area contributed by atoms with Crippen LogP contribution in [0.3, 0.4) is 0 Å². The first-order valence-corrected chi connectivity index (χ1v) is 5.49. The minimum atomic E-state index is -0.918. The Morgan fingerprint density at radius 1 is 1.50 bits per heavy atom. The fourth-order valence-corrected chi connectivity index (χ4v) is 1.66. The van der Waals surface area contributed by atoms with Crippen LogP contribution < -0.4 is 5.32 Å². The normalized spacial score (nSPS) is 10.3. The Morgan fingerprint density at radius 2 is 2.28 bits per heavy atom. The van der Waals surface area contributed by atoms with E-state index in [1.54, 1.807) is 22.9 Å². The summed E-state index contributed by atoms with van der Waals surface area (Å²) in [5, 5.41) is 19.9. The third-order valence-electron chi connectivity index (χ3n) is 2.58. The molecule has 0 saturated carbocycles. The van der Waals surface area contributed by atoms with Crippen molar-refractivity contribution in [2.45, 2.75) is 13.5 Å². The van der Waals surface area contributed by atoms with Crippen molar-refractivity contribution in [2.75, 3.05) is 5.32 Å². The van der Waals surface area contributed by atoms with Gasteiger partial charge in [-0.25, -0.2) is 4.79 Å². The van der Waals surface area contributed by atoms with Gasteiger partial charge in [-0.2, -0.15) is 0 Å². The van der Waals surface area contributed by atoms with Crippen LogP contribution in [0.2, 0.25) is 0 Å². The van der Waals surface area contributed by atoms with Crippen molar-refractivity contribution in [3.63, 3.8) is 0 Å². The molecular formula is C12H14N4O2. The molecular weight excluding hydrogens is 232 g/mol. The second-order valence-electron chi connectivity index (χ2n) is 4.07. The quantitative estimate of drug-likeness (QED) is 0.853. The van der Waals surface area contributed by atoms with Crippen molar-refractivity contribution in [3.8, 4) is 0 Å². The van der Waals surface area contributed by atoms with Crippen LogP contribution in [0.5, 0.6) is 0 Å². The van der Waals surface area contributed by atoms with Gasteiger partial charge in [-0.1, -0.05) is 5.21 Å². The van der Waals surface area contributed by atoms with Crippen LogP contribution >= 0.6 is 0 Å². The Morgan fingerprint density at radius 3 is 2.83 bits per heavy atom. The van der Waals surface area contributed by atoms with Crippen LogP contribution in [-0.2, 0) is 13.6 Å². The molecule has 6 nitrogen and oxygen atoms in total. The summed E-state index contributed by atoms with van der Waals surface area (Å²) in [5.41, 5.74) is 2.90. The van der Waals surface area contributed by atoms with E-state index in [1.807, 2.05) is 20.2 Å². The predicted octanol–water partition coefficient (Wildman–Crippen LogP) is 1.43. The third-order valence-corrected chi connectivity index (χ3v) is 2.58. The molecule has 2 aromatic rings. The lowest BCUT2D eigenvalue weighted by Crippen LogP contribution is -2.03. The van der Waals surface area contributed by atoms with Crippen molar-refractivity contribution in [3.05, 3.63) is 41.2 Å². The fourth-order valence-electron chi connectivity index (χ4n) is 1.66. The number of nitrogens with zero attached hydrogens (tertiary/aromatic N) is 3. The summed E-state index contributed by atoms with van der Waals surface area (Å²) < 4.78 is 1.64. The summed E-state index contributed by atoms with van der Waals surface area (Å²) in [5.74, 6) is -0.918. The average molecular weight is 246 g/mol. The topological polar surface area (TPSA) is 80.0 Å². The third kappa shape index (κ3) is 2.65. The zero-order chi connectivity index (χ0) is 13.1. The molecule has 0 fully saturated rings. The standard InChI is InChI=1S/C12H14N4O2/c1-8-5-9(12(17)18)3-4-11(8)13-6-10-7-16(2)15-14-10/h3-5,7,13H,6H2,1-2H3,(H,17,18). The monoisotopic (exact) mass is 246 g/mol. The van der Waals surface area contributed by atoms with E-state index in [4.69, 9.17) is 5.11 Å². The molecule has 0 atom stereocenters. The van der Waals surface area contributed by atoms with Crippen molar-refractivity contribution < 1.29 is 9.90 Å². The van der Waals surface area contributed by atoms with Gasteiger partial charge in [0.2, 0.25) is 0 Å². The zero-order valence-electron chi connectivity index (χ0n) is 10.2. The zero-order valence-corrected chi connectivity index (χ0v) is 10.2. The number of carboxylic acids is 1. The molecule has 2 N–H and O–H groups in total. The fraction of sp³-hybridized carbons (Fsp3) is 0.250. The van der Waals surface area contributed by atoms with Gasteiger partial charge in [0.05, 0.1) is 12.1 Å². The summed E-state index contributed by atoms with van der Waals surface area (Å²) in [7, 11) is 1.81. The van der Waals surface area contributed by atoms with Gasteiger partial charge in [-0.3, -0.25) is 4.68 Å². The lowest BCUT2D eigenvalue weighted by molar-refractivity contribution is 0.0697. The number of nitrogens with one attached hydrogen (secondary N) is 1. The number of anilines is 1. The first-order chi connectivity index (χ1) is 8.56. The van der Waals surface area contributed by atoms with E-state index >= 15 is 0 Å². The van der Waals surface area contributed by atoms with E-state index in [0.717, 1.165) is 16.9 Å². The molecule has 0 aliphatic carbocycles. The molecule has 18 heavy (non-hydrogen) atoms. The second-order valence-corrected chi connectivity index (χ2v) is 4.07. The molecule has 0 aliphatic rings. The van der Waals surface area contributed by atoms with Crippen molar-refractivity contribution in [2.24, 2.45) is 7.05 Å². The number of aromatic nitrogens is 3. The summed E-state index contributed by atoms with van der Waals surface area (Å²) in [6.07, 6.45) is 1.83. The largest absolute Gasteiger partial charge is 0.478 e. The minimum absolute atomic E-state index is 0.289. The molecule has 0 radical (unpaired) electrons. The molecule has 2 rings (SSSR count). The Hall–Kier alpha value is -2.37. The highest BCUT2D eigenvalue weighted by molar-refractivity contribution is 5.88. The summed E-state index contributed by atoms with van der Waals surface area (Å²) in [6, 6.07) is 4.98. The Balaban J connectivity index is 2.08. The number of rotatable bonds is 4. The predicted molar refractivity (Wildman–Crippen MR) is 66.5 cm³/mol. The number of carboxylic acid groups (broad SMARTS) is 1. The average Bonchev–Trinajstić information content (AvgIpc) is 2.73. The Bertz CT molecular complexity index is 577. The first-order valence-electron chi connectivity index (χ1n) is 5.49. The van der Waals surface area contributed by atoms with Crippen molar-refractivity contribution >= 4 is 11.7 Å². The SMILES string of the molecule is Cc1cc(C(=O)O)ccc1NCc1cn(C)nn1. The van der Waals surface area contributed by atoms with Crippen LogP contribution in [0.15, 0.2) is 24.4 Å². The van der Waals surface area contributed by atoms with E-state index < -0.39 is 5.97 Å². The van der Waals surface area contributed by atoms with Crippen LogP contribution in [0, 0.1) is 6.92 Å². The van der Waals surface area contributed by atoms with E-state index in [0.29, 0.717) is 6.54 Å². The van der Waals surface area contributed by atoms with Crippen molar-refractivity contribution in [1.29, 1.82) is 0 Å². The van der Waals surface area contributed by atoms with Crippen LogP contribution in [0.4, 0.5) is 5.69 Å². The van der Waals surface area contributed by atoms with Gasteiger partial charge < -0.3 is 10.4 Å². The van der Waals surface area contributed by atoms with Gasteiger partial charge in [-0.05, 0) is 30.7 Å². The van der Waals surface area contributed by atoms with Gasteiger partial charge in [0.1, 0.15) is 5.69 Å². The highest BCUT2D eigenvalue weighted by Gasteiger charge is 2.06. The lowest BCUT2D eigenvalue weighted by atomic mass is 10.1. The molecule has 0 spiro atoms. The molecule has 0 amide bonds. The molecule has 6 heteroatoms. The maximum atomic E-state index is 10.8. The molecule has 0 aliphatic heterocycles. The molecule has 0 bridgehead atoms. The van der Waals surface area contributed by atoms with E-state index in [2.05, 4.69) is 15.6 Å². The Kier molecular flexibility index (Phi) is 3.27. The highest BCUT2D eigenvalue weighted by atomic mass is 16.4. The number of aryl methyl sites for hydroxylation is 2. The molecule has 1 heterocycles. The molecule has 94 valence electrons. The van der Waals surface area contributed by atoms with Crippen LogP contribution in [0.25, 0.3) is 0 Å². The molecule has 0 unspecified atom stereocenters. The number of hydrogen-bond donors (Lipinski definition) is 2. The smallest absolute Gasteiger partial charge is 0.335 e. The first kappa shape index (κ1) is 12.1. The second kappa shape index (κ2) is 4.87. The maximum Gasteiger partial charge on any atom is 0.335 e. The summed E-state index contributed by atoms with van der Waals surface area (Å²) in [4.78, 5) is 10.8. The summed E-state index contributed by atoms with van der Waals surface area (Å²) >= 11 is 0. The van der Waals surface area contributed by atoms with E-state index in [9.17, 15) is 4.79 Å². The van der Waals surface area contributed by atoms with Gasteiger partial charge in [0.25, 0.3) is 0 Å². The van der Waals surface area contributed by atoms with Gasteiger partial charge >= 0.3 is 5.97 Å². The Labute approximate surface area is 104 Å². The number of aromatic carboxylic acids is 1. The number of benzene rings is 1. The van der Waals surface area contributed by atoms with E-state index in [1.165, 1.54) is 0 Å². The number of carbonyl (C=O) groups is 1. The van der Waals surface area contributed by atoms with Crippen LogP contribution in [-0.4, -0.2) is 26.1 Å². The number of hydrogen-bond acceptors (Lipinski definition) is 4. The van der Waals surface area contributed by atoms with Gasteiger partial charge in [0, 0.05) is 18.9 Å². The molecule has 1 aromatic heterocycles. The highest BCUT2D eigenvalue weighted by Crippen LogP contribution is 2.17. The molecule has 1 aromatic carbocycles. The minimum Gasteiger partial charge on any atom is -0.478 e. The summed E-state index contributed by atoms with van der Waals surface area (Å²) in [6.45, 7) is 2.42. The van der Waals surface area contributed by atoms with E-state index in [-0.39, 0.29) is 5.56 Å². The van der Waals surface area contributed by atoms with Crippen LogP contribution in [0.1, 0.15) is 21.6 Å². The van der Waals surface area contributed by atoms with Gasteiger partial charge in [-0.15, -0.1) is 5.10 Å². The lowest BCUT2D eigenvalue weighted by Gasteiger charge is -2.08. The van der Waals surface area contributed by atoms with Gasteiger partial charge in [0.15, 0.2) is 0 Å².